The lowest BCUT2D eigenvalue weighted by molar-refractivity contribution is -0.142. The second-order valence-corrected chi connectivity index (χ2v) is 13.0. The lowest BCUT2D eigenvalue weighted by Gasteiger charge is -2.34. The van der Waals surface area contributed by atoms with Gasteiger partial charge in [0, 0.05) is 34.7 Å². The number of nitrogens with one attached hydrogen (secondary N) is 1. The molecule has 0 spiro atoms. The maximum Gasteiger partial charge on any atom is 0.243 e. The van der Waals surface area contributed by atoms with Crippen LogP contribution >= 0.6 is 23.2 Å². The molecule has 0 radical (unpaired) electrons. The van der Waals surface area contributed by atoms with Gasteiger partial charge in [0.15, 0.2) is 0 Å². The van der Waals surface area contributed by atoms with Crippen LogP contribution in [0.1, 0.15) is 39.7 Å². The highest BCUT2D eigenvalue weighted by atomic mass is 35.5. The molecule has 3 aromatic rings. The van der Waals surface area contributed by atoms with E-state index in [1.54, 1.807) is 37.3 Å². The number of fused-ring (bicyclic) bond motifs is 1. The highest BCUT2D eigenvalue weighted by Gasteiger charge is 2.33. The molecular formula is C28H33Cl2N3O4S. The molecule has 3 rings (SSSR count). The quantitative estimate of drug-likeness (QED) is 0.364. The first-order chi connectivity index (χ1) is 17.7. The summed E-state index contributed by atoms with van der Waals surface area (Å²) >= 11 is 12.8. The van der Waals surface area contributed by atoms with Crippen molar-refractivity contribution in [2.24, 2.45) is 0 Å². The molecule has 3 aromatic carbocycles. The van der Waals surface area contributed by atoms with Crippen LogP contribution in [0.3, 0.4) is 0 Å². The average Bonchev–Trinajstić information content (AvgIpc) is 2.84. The largest absolute Gasteiger partial charge is 0.350 e. The topological polar surface area (TPSA) is 86.8 Å². The number of carbonyl (C=O) groups excluding carboxylic acids is 2. The smallest absolute Gasteiger partial charge is 0.243 e. The second-order valence-electron chi connectivity index (χ2n) is 10.2. The van der Waals surface area contributed by atoms with Gasteiger partial charge in [-0.2, -0.15) is 4.31 Å². The number of halogens is 2. The molecule has 0 saturated carbocycles. The van der Waals surface area contributed by atoms with Crippen LogP contribution in [0, 0.1) is 0 Å². The molecule has 1 N–H and O–H groups in total. The van der Waals surface area contributed by atoms with Crippen LogP contribution in [0.25, 0.3) is 10.8 Å². The van der Waals surface area contributed by atoms with E-state index >= 15 is 0 Å². The number of rotatable bonds is 9. The number of hydrogen-bond acceptors (Lipinski definition) is 4. The second kappa shape index (κ2) is 12.0. The molecule has 0 aliphatic carbocycles. The van der Waals surface area contributed by atoms with Crippen molar-refractivity contribution in [1.29, 1.82) is 0 Å². The summed E-state index contributed by atoms with van der Waals surface area (Å²) in [6.07, 6.45) is 0.302. The fraction of sp³-hybridized carbons (Fsp3) is 0.357. The van der Waals surface area contributed by atoms with Crippen molar-refractivity contribution in [3.05, 3.63) is 76.3 Å². The molecule has 0 saturated heterocycles. The fourth-order valence-corrected chi connectivity index (χ4v) is 5.77. The highest BCUT2D eigenvalue weighted by Crippen LogP contribution is 2.28. The predicted octanol–water partition coefficient (Wildman–Crippen LogP) is 5.49. The minimum Gasteiger partial charge on any atom is -0.350 e. The number of likely N-dealkylation sites (N-methyl/N-ethyl adjacent to an activating group) is 1. The van der Waals surface area contributed by atoms with Gasteiger partial charge in [-0.15, -0.1) is 0 Å². The minimum atomic E-state index is -4.00. The summed E-state index contributed by atoms with van der Waals surface area (Å²) in [5, 5.41) is 5.29. The van der Waals surface area contributed by atoms with Crippen LogP contribution in [-0.2, 0) is 26.2 Å². The normalized spacial score (nSPS) is 12.9. The number of nitrogens with zero attached hydrogens (tertiary/aromatic N) is 2. The van der Waals surface area contributed by atoms with E-state index in [1.807, 2.05) is 45.0 Å². The molecule has 1 atom stereocenters. The molecule has 0 bridgehead atoms. The molecule has 0 aliphatic rings. The van der Waals surface area contributed by atoms with Gasteiger partial charge < -0.3 is 10.2 Å². The zero-order chi connectivity index (χ0) is 28.3. The van der Waals surface area contributed by atoms with Crippen molar-refractivity contribution in [1.82, 2.24) is 14.5 Å². The highest BCUT2D eigenvalue weighted by molar-refractivity contribution is 7.89. The third kappa shape index (κ3) is 7.05. The number of benzene rings is 3. The standard InChI is InChI=1S/C28H33Cl2N3O4S/c1-6-25(27(35)31-28(2,3)4)33(17-22-23(29)12-9-13-24(22)30)26(34)18-32(5)38(36,37)21-15-14-19-10-7-8-11-20(19)16-21/h7-16,25H,6,17-18H2,1-5H3,(H,31,35)/t25-/m0/s1. The molecule has 0 aromatic heterocycles. The molecule has 2 amide bonds. The fourth-order valence-electron chi connectivity index (χ4n) is 4.10. The molecule has 38 heavy (non-hydrogen) atoms. The molecule has 0 unspecified atom stereocenters. The van der Waals surface area contributed by atoms with E-state index in [0.717, 1.165) is 15.1 Å². The summed E-state index contributed by atoms with van der Waals surface area (Å²) < 4.78 is 27.8. The van der Waals surface area contributed by atoms with E-state index in [-0.39, 0.29) is 17.3 Å². The Bertz CT molecular complexity index is 1420. The van der Waals surface area contributed by atoms with Crippen LogP contribution in [0.15, 0.2) is 65.6 Å². The number of sulfonamides is 1. The zero-order valence-corrected chi connectivity index (χ0v) is 24.5. The lowest BCUT2D eigenvalue weighted by atomic mass is 10.1. The van der Waals surface area contributed by atoms with E-state index in [4.69, 9.17) is 23.2 Å². The van der Waals surface area contributed by atoms with Crippen molar-refractivity contribution in [3.8, 4) is 0 Å². The summed E-state index contributed by atoms with van der Waals surface area (Å²) in [5.74, 6) is -0.902. The van der Waals surface area contributed by atoms with Gasteiger partial charge in [0.05, 0.1) is 11.4 Å². The first-order valence-corrected chi connectivity index (χ1v) is 14.4. The average molecular weight is 579 g/mol. The Morgan fingerprint density at radius 1 is 0.947 bits per heavy atom. The minimum absolute atomic E-state index is 0.0583. The van der Waals surface area contributed by atoms with Gasteiger partial charge in [0.25, 0.3) is 0 Å². The van der Waals surface area contributed by atoms with Gasteiger partial charge in [-0.05, 0) is 62.2 Å². The van der Waals surface area contributed by atoms with Crippen molar-refractivity contribution in [2.45, 2.75) is 57.1 Å². The van der Waals surface area contributed by atoms with Crippen molar-refractivity contribution in [2.75, 3.05) is 13.6 Å². The summed E-state index contributed by atoms with van der Waals surface area (Å²) in [5.41, 5.74) is -0.0523. The molecule has 10 heteroatoms. The Morgan fingerprint density at radius 2 is 1.55 bits per heavy atom. The predicted molar refractivity (Wildman–Crippen MR) is 153 cm³/mol. The Kier molecular flexibility index (Phi) is 9.47. The third-order valence-corrected chi connectivity index (χ3v) is 8.57. The van der Waals surface area contributed by atoms with Gasteiger partial charge in [-0.25, -0.2) is 8.42 Å². The van der Waals surface area contributed by atoms with Gasteiger partial charge >= 0.3 is 0 Å². The zero-order valence-electron chi connectivity index (χ0n) is 22.2. The molecule has 0 aliphatic heterocycles. The summed E-state index contributed by atoms with van der Waals surface area (Å²) in [4.78, 5) is 28.3. The molecule has 0 fully saturated rings. The summed E-state index contributed by atoms with van der Waals surface area (Å²) in [6, 6.07) is 16.4. The van der Waals surface area contributed by atoms with E-state index in [9.17, 15) is 18.0 Å². The van der Waals surface area contributed by atoms with Crippen LogP contribution in [0.2, 0.25) is 10.0 Å². The van der Waals surface area contributed by atoms with Crippen LogP contribution in [-0.4, -0.2) is 54.6 Å². The monoisotopic (exact) mass is 577 g/mol. The van der Waals surface area contributed by atoms with Gasteiger partial charge in [0.1, 0.15) is 6.04 Å². The van der Waals surface area contributed by atoms with Crippen molar-refractivity contribution < 1.29 is 18.0 Å². The van der Waals surface area contributed by atoms with E-state index in [1.165, 1.54) is 18.0 Å². The van der Waals surface area contributed by atoms with E-state index in [0.29, 0.717) is 22.0 Å². The van der Waals surface area contributed by atoms with Gasteiger partial charge in [-0.3, -0.25) is 9.59 Å². The van der Waals surface area contributed by atoms with Gasteiger partial charge in [-0.1, -0.05) is 66.5 Å². The summed E-state index contributed by atoms with van der Waals surface area (Å²) in [6.45, 7) is 6.79. The molecule has 0 heterocycles. The van der Waals surface area contributed by atoms with Crippen LogP contribution < -0.4 is 5.32 Å². The lowest BCUT2D eigenvalue weighted by Crippen LogP contribution is -2.55. The number of amides is 2. The Hall–Kier alpha value is -2.65. The third-order valence-electron chi connectivity index (χ3n) is 6.06. The Labute approximate surface area is 234 Å². The summed E-state index contributed by atoms with van der Waals surface area (Å²) in [7, 11) is -2.65. The van der Waals surface area contributed by atoms with E-state index < -0.39 is 34.1 Å². The van der Waals surface area contributed by atoms with Gasteiger partial charge in [0.2, 0.25) is 21.8 Å². The molecular weight excluding hydrogens is 545 g/mol. The first-order valence-electron chi connectivity index (χ1n) is 12.2. The maximum absolute atomic E-state index is 13.7. The first kappa shape index (κ1) is 29.9. The molecule has 204 valence electrons. The maximum atomic E-state index is 13.7. The van der Waals surface area contributed by atoms with Crippen molar-refractivity contribution in [3.63, 3.8) is 0 Å². The van der Waals surface area contributed by atoms with Crippen molar-refractivity contribution >= 4 is 55.8 Å². The Morgan fingerprint density at radius 3 is 2.13 bits per heavy atom. The Balaban J connectivity index is 1.94. The van der Waals surface area contributed by atoms with E-state index in [2.05, 4.69) is 5.32 Å². The van der Waals surface area contributed by atoms with Crippen LogP contribution in [0.5, 0.6) is 0 Å². The molecule has 7 nitrogen and oxygen atoms in total. The number of carbonyl (C=O) groups is 2. The number of hydrogen-bond donors (Lipinski definition) is 1. The van der Waals surface area contributed by atoms with Crippen LogP contribution in [0.4, 0.5) is 0 Å². The SMILES string of the molecule is CC[C@@H](C(=O)NC(C)(C)C)N(Cc1c(Cl)cccc1Cl)C(=O)CN(C)S(=O)(=O)c1ccc2ccccc2c1.